The summed E-state index contributed by atoms with van der Waals surface area (Å²) in [7, 11) is 0. The number of rotatable bonds is 8. The summed E-state index contributed by atoms with van der Waals surface area (Å²) < 4.78 is 0. The highest BCUT2D eigenvalue weighted by Gasteiger charge is 2.08. The Labute approximate surface area is 152 Å². The van der Waals surface area contributed by atoms with Gasteiger partial charge in [0.1, 0.15) is 0 Å². The van der Waals surface area contributed by atoms with E-state index in [0.717, 1.165) is 17.8 Å². The van der Waals surface area contributed by atoms with Crippen molar-refractivity contribution < 1.29 is 9.59 Å². The summed E-state index contributed by atoms with van der Waals surface area (Å²) in [6.45, 7) is 3.94. The second-order valence-electron chi connectivity index (χ2n) is 5.00. The second kappa shape index (κ2) is 10.8. The lowest BCUT2D eigenvalue weighted by Gasteiger charge is -2.11. The SMILES string of the molecule is CCNCc1ccccc1NC(=O)CCNC(=O)c1ccsc1.Cl. The Balaban J connectivity index is 0.00000288. The third-order valence-electron chi connectivity index (χ3n) is 3.28. The Kier molecular flexibility index (Phi) is 9.07. The van der Waals surface area contributed by atoms with Crippen LogP contribution in [0.5, 0.6) is 0 Å². The smallest absolute Gasteiger partial charge is 0.252 e. The van der Waals surface area contributed by atoms with E-state index in [9.17, 15) is 9.59 Å². The molecule has 0 aliphatic heterocycles. The van der Waals surface area contributed by atoms with Crippen LogP contribution in [0.2, 0.25) is 0 Å². The number of hydrogen-bond donors (Lipinski definition) is 3. The van der Waals surface area contributed by atoms with Crippen LogP contribution in [0.1, 0.15) is 29.3 Å². The van der Waals surface area contributed by atoms with Gasteiger partial charge in [-0.2, -0.15) is 11.3 Å². The Bertz CT molecular complexity index is 647. The third kappa shape index (κ3) is 6.31. The first-order valence-electron chi connectivity index (χ1n) is 7.59. The fourth-order valence-electron chi connectivity index (χ4n) is 2.05. The summed E-state index contributed by atoms with van der Waals surface area (Å²) in [5.41, 5.74) is 2.49. The maximum Gasteiger partial charge on any atom is 0.252 e. The van der Waals surface area contributed by atoms with Crippen LogP contribution in [0.4, 0.5) is 5.69 Å². The lowest BCUT2D eigenvalue weighted by atomic mass is 10.1. The molecule has 2 aromatic rings. The molecule has 3 N–H and O–H groups in total. The van der Waals surface area contributed by atoms with Gasteiger partial charge in [-0.15, -0.1) is 12.4 Å². The molecule has 130 valence electrons. The summed E-state index contributed by atoms with van der Waals surface area (Å²) in [5.74, 6) is -0.258. The highest BCUT2D eigenvalue weighted by atomic mass is 35.5. The Morgan fingerprint density at radius 1 is 1.17 bits per heavy atom. The van der Waals surface area contributed by atoms with Crippen LogP contribution in [0, 0.1) is 0 Å². The van der Waals surface area contributed by atoms with Gasteiger partial charge in [-0.05, 0) is 29.6 Å². The van der Waals surface area contributed by atoms with E-state index in [1.165, 1.54) is 11.3 Å². The van der Waals surface area contributed by atoms with Crippen LogP contribution >= 0.6 is 23.7 Å². The minimum Gasteiger partial charge on any atom is -0.351 e. The van der Waals surface area contributed by atoms with Crippen LogP contribution in [0.15, 0.2) is 41.1 Å². The molecular formula is C17H22ClN3O2S. The molecular weight excluding hydrogens is 346 g/mol. The van der Waals surface area contributed by atoms with Crippen molar-refractivity contribution in [3.8, 4) is 0 Å². The summed E-state index contributed by atoms with van der Waals surface area (Å²) in [6.07, 6.45) is 0.241. The second-order valence-corrected chi connectivity index (χ2v) is 5.78. The predicted molar refractivity (Wildman–Crippen MR) is 101 cm³/mol. The number of thiophene rings is 1. The van der Waals surface area contributed by atoms with Crippen LogP contribution in [-0.2, 0) is 11.3 Å². The zero-order valence-corrected chi connectivity index (χ0v) is 15.1. The molecule has 1 aromatic carbocycles. The van der Waals surface area contributed by atoms with E-state index in [2.05, 4.69) is 16.0 Å². The van der Waals surface area contributed by atoms with E-state index < -0.39 is 0 Å². The van der Waals surface area contributed by atoms with Gasteiger partial charge in [-0.1, -0.05) is 25.1 Å². The predicted octanol–water partition coefficient (Wildman–Crippen LogP) is 3.04. The quantitative estimate of drug-likeness (QED) is 0.671. The Hall–Kier alpha value is -1.89. The standard InChI is InChI=1S/C17H21N3O2S.ClH/c1-2-18-11-13-5-3-4-6-15(13)20-16(21)7-9-19-17(22)14-8-10-23-12-14;/h3-6,8,10,12,18H,2,7,9,11H2,1H3,(H,19,22)(H,20,21);1H. The molecule has 0 aliphatic carbocycles. The third-order valence-corrected chi connectivity index (χ3v) is 3.96. The van der Waals surface area contributed by atoms with Crippen LogP contribution in [0.25, 0.3) is 0 Å². The zero-order chi connectivity index (χ0) is 16.5. The zero-order valence-electron chi connectivity index (χ0n) is 13.5. The van der Waals surface area contributed by atoms with E-state index in [4.69, 9.17) is 0 Å². The van der Waals surface area contributed by atoms with Crippen molar-refractivity contribution in [1.82, 2.24) is 10.6 Å². The van der Waals surface area contributed by atoms with E-state index in [1.54, 1.807) is 11.4 Å². The van der Waals surface area contributed by atoms with E-state index in [1.807, 2.05) is 36.6 Å². The van der Waals surface area contributed by atoms with Crippen LogP contribution in [0.3, 0.4) is 0 Å². The molecule has 0 atom stereocenters. The molecule has 0 saturated carbocycles. The molecule has 7 heteroatoms. The number of carbonyl (C=O) groups is 2. The summed E-state index contributed by atoms with van der Waals surface area (Å²) in [4.78, 5) is 23.8. The topological polar surface area (TPSA) is 70.2 Å². The largest absolute Gasteiger partial charge is 0.351 e. The number of benzene rings is 1. The van der Waals surface area contributed by atoms with Gasteiger partial charge in [0.05, 0.1) is 0 Å². The van der Waals surface area contributed by atoms with Crippen molar-refractivity contribution >= 4 is 41.2 Å². The molecule has 24 heavy (non-hydrogen) atoms. The first-order chi connectivity index (χ1) is 11.2. The van der Waals surface area contributed by atoms with Gasteiger partial charge < -0.3 is 16.0 Å². The number of para-hydroxylation sites is 1. The Morgan fingerprint density at radius 2 is 1.96 bits per heavy atom. The maximum atomic E-state index is 12.0. The number of nitrogens with one attached hydrogen (secondary N) is 3. The molecule has 0 radical (unpaired) electrons. The van der Waals surface area contributed by atoms with Crippen molar-refractivity contribution in [1.29, 1.82) is 0 Å². The number of hydrogen-bond acceptors (Lipinski definition) is 4. The molecule has 0 aliphatic rings. The lowest BCUT2D eigenvalue weighted by molar-refractivity contribution is -0.116. The van der Waals surface area contributed by atoms with Gasteiger partial charge in [0.2, 0.25) is 5.91 Å². The fraction of sp³-hybridized carbons (Fsp3) is 0.294. The van der Waals surface area contributed by atoms with Gasteiger partial charge in [-0.3, -0.25) is 9.59 Å². The molecule has 0 bridgehead atoms. The number of halogens is 1. The average Bonchev–Trinajstić information content (AvgIpc) is 3.08. The van der Waals surface area contributed by atoms with Crippen molar-refractivity contribution in [2.75, 3.05) is 18.4 Å². The summed E-state index contributed by atoms with van der Waals surface area (Å²) in [6, 6.07) is 9.47. The summed E-state index contributed by atoms with van der Waals surface area (Å²) in [5, 5.41) is 12.5. The minimum absolute atomic E-state index is 0. The van der Waals surface area contributed by atoms with E-state index in [-0.39, 0.29) is 30.6 Å². The molecule has 5 nitrogen and oxygen atoms in total. The summed E-state index contributed by atoms with van der Waals surface area (Å²) >= 11 is 1.47. The first-order valence-corrected chi connectivity index (χ1v) is 8.54. The Morgan fingerprint density at radius 3 is 2.67 bits per heavy atom. The first kappa shape index (κ1) is 20.2. The van der Waals surface area contributed by atoms with Crippen molar-refractivity contribution in [3.63, 3.8) is 0 Å². The highest BCUT2D eigenvalue weighted by molar-refractivity contribution is 7.08. The van der Waals surface area contributed by atoms with Gasteiger partial charge in [0.15, 0.2) is 0 Å². The van der Waals surface area contributed by atoms with Crippen molar-refractivity contribution in [2.24, 2.45) is 0 Å². The van der Waals surface area contributed by atoms with E-state index in [0.29, 0.717) is 18.7 Å². The molecule has 0 unspecified atom stereocenters. The number of amides is 2. The highest BCUT2D eigenvalue weighted by Crippen LogP contribution is 2.15. The van der Waals surface area contributed by atoms with Crippen molar-refractivity contribution in [3.05, 3.63) is 52.2 Å². The van der Waals surface area contributed by atoms with Gasteiger partial charge in [0.25, 0.3) is 5.91 Å². The monoisotopic (exact) mass is 367 g/mol. The minimum atomic E-state index is -0.147. The molecule has 2 amide bonds. The maximum absolute atomic E-state index is 12.0. The molecule has 0 spiro atoms. The fourth-order valence-corrected chi connectivity index (χ4v) is 2.69. The number of anilines is 1. The number of carbonyl (C=O) groups excluding carboxylic acids is 2. The van der Waals surface area contributed by atoms with Gasteiger partial charge in [0, 0.05) is 36.1 Å². The van der Waals surface area contributed by atoms with Gasteiger partial charge >= 0.3 is 0 Å². The molecule has 1 heterocycles. The molecule has 0 saturated heterocycles. The van der Waals surface area contributed by atoms with Crippen LogP contribution in [-0.4, -0.2) is 24.9 Å². The molecule has 2 rings (SSSR count). The lowest BCUT2D eigenvalue weighted by Crippen LogP contribution is -2.27. The average molecular weight is 368 g/mol. The molecule has 1 aromatic heterocycles. The van der Waals surface area contributed by atoms with Gasteiger partial charge in [-0.25, -0.2) is 0 Å². The van der Waals surface area contributed by atoms with E-state index >= 15 is 0 Å². The van der Waals surface area contributed by atoms with Crippen molar-refractivity contribution in [2.45, 2.75) is 19.9 Å². The van der Waals surface area contributed by atoms with Crippen LogP contribution < -0.4 is 16.0 Å². The molecule has 0 fully saturated rings. The normalized spacial score (nSPS) is 9.88.